The highest BCUT2D eigenvalue weighted by Crippen LogP contribution is 2.68. The van der Waals surface area contributed by atoms with Gasteiger partial charge in [0.1, 0.15) is 5.52 Å². The number of aromatic nitrogens is 1. The maximum absolute atomic E-state index is 14.5. The van der Waals surface area contributed by atoms with Crippen LogP contribution in [-0.4, -0.2) is 38.6 Å². The van der Waals surface area contributed by atoms with Crippen molar-refractivity contribution < 1.29 is 24.1 Å². The van der Waals surface area contributed by atoms with E-state index < -0.39 is 0 Å². The molecule has 1 aromatic heterocycles. The molecular formula is C31H44FNO4. The van der Waals surface area contributed by atoms with Crippen molar-refractivity contribution in [1.82, 2.24) is 4.98 Å². The zero-order valence-electron chi connectivity index (χ0n) is 22.8. The molecule has 0 aliphatic heterocycles. The third kappa shape index (κ3) is 3.83. The van der Waals surface area contributed by atoms with E-state index in [0.717, 1.165) is 51.4 Å². The van der Waals surface area contributed by atoms with Gasteiger partial charge < -0.3 is 19.7 Å². The Morgan fingerprint density at radius 2 is 1.86 bits per heavy atom. The molecule has 0 saturated heterocycles. The van der Waals surface area contributed by atoms with Crippen LogP contribution in [0.25, 0.3) is 11.1 Å². The van der Waals surface area contributed by atoms with Crippen molar-refractivity contribution in [2.24, 2.45) is 46.3 Å². The van der Waals surface area contributed by atoms with Crippen LogP contribution in [-0.2, 0) is 6.42 Å². The monoisotopic (exact) mass is 513 g/mol. The molecule has 0 bridgehead atoms. The molecule has 4 aliphatic rings. The number of oxazole rings is 1. The molecule has 1 unspecified atom stereocenters. The molecule has 0 amide bonds. The van der Waals surface area contributed by atoms with Crippen LogP contribution >= 0.6 is 0 Å². The fourth-order valence-corrected chi connectivity index (χ4v) is 9.90. The number of benzene rings is 1. The summed E-state index contributed by atoms with van der Waals surface area (Å²) in [6.45, 7) is 8.68. The summed E-state index contributed by atoms with van der Waals surface area (Å²) in [5, 5.41) is 33.6. The van der Waals surface area contributed by atoms with Crippen molar-refractivity contribution in [3.63, 3.8) is 0 Å². The van der Waals surface area contributed by atoms with Crippen molar-refractivity contribution in [2.75, 3.05) is 0 Å². The fourth-order valence-electron chi connectivity index (χ4n) is 9.90. The van der Waals surface area contributed by atoms with Crippen molar-refractivity contribution in [1.29, 1.82) is 0 Å². The van der Waals surface area contributed by atoms with E-state index in [1.165, 1.54) is 0 Å². The van der Waals surface area contributed by atoms with Gasteiger partial charge in [-0.15, -0.1) is 0 Å². The van der Waals surface area contributed by atoms with Gasteiger partial charge in [-0.1, -0.05) is 26.8 Å². The van der Waals surface area contributed by atoms with Gasteiger partial charge in [0.15, 0.2) is 17.3 Å². The van der Waals surface area contributed by atoms with E-state index in [1.54, 1.807) is 19.1 Å². The third-order valence-electron chi connectivity index (χ3n) is 12.1. The molecule has 0 radical (unpaired) electrons. The molecule has 3 N–H and O–H groups in total. The van der Waals surface area contributed by atoms with E-state index in [-0.39, 0.29) is 40.9 Å². The number of hydrogen-bond donors (Lipinski definition) is 3. The second kappa shape index (κ2) is 9.02. The number of fused-ring (bicyclic) bond motifs is 6. The first-order valence-electron chi connectivity index (χ1n) is 14.6. The van der Waals surface area contributed by atoms with Gasteiger partial charge in [-0.2, -0.15) is 0 Å². The van der Waals surface area contributed by atoms with Crippen LogP contribution in [0.3, 0.4) is 0 Å². The molecule has 11 atom stereocenters. The number of nitrogens with zero attached hydrogens (tertiary/aromatic N) is 1. The van der Waals surface area contributed by atoms with Crippen LogP contribution < -0.4 is 0 Å². The van der Waals surface area contributed by atoms with Gasteiger partial charge in [0.05, 0.1) is 18.3 Å². The molecule has 1 aromatic carbocycles. The first-order valence-corrected chi connectivity index (χ1v) is 14.6. The molecule has 4 fully saturated rings. The second-order valence-electron chi connectivity index (χ2n) is 13.7. The van der Waals surface area contributed by atoms with Gasteiger partial charge in [0.2, 0.25) is 0 Å². The lowest BCUT2D eigenvalue weighted by Gasteiger charge is -2.63. The molecule has 0 spiro atoms. The van der Waals surface area contributed by atoms with E-state index in [0.29, 0.717) is 58.6 Å². The molecule has 4 aliphatic carbocycles. The summed E-state index contributed by atoms with van der Waals surface area (Å²) < 4.78 is 20.3. The van der Waals surface area contributed by atoms with Crippen molar-refractivity contribution in [2.45, 2.75) is 104 Å². The first-order chi connectivity index (χ1) is 17.5. The van der Waals surface area contributed by atoms with Crippen LogP contribution in [0, 0.1) is 59.1 Å². The van der Waals surface area contributed by atoms with Gasteiger partial charge in [-0.05, 0) is 116 Å². The van der Waals surface area contributed by atoms with Gasteiger partial charge >= 0.3 is 0 Å². The summed E-state index contributed by atoms with van der Waals surface area (Å²) >= 11 is 0. The molecule has 37 heavy (non-hydrogen) atoms. The average Bonchev–Trinajstić information content (AvgIpc) is 3.44. The maximum atomic E-state index is 14.5. The molecule has 2 aromatic rings. The molecule has 4 saturated carbocycles. The standard InChI is InChI=1S/C31H44FNO4/c1-16(6-10-26-33-29-24(37-26)9-5-17(2)28(29)32)20-7-8-21-27-22(15-25(36)31(20,21)4)30(3)12-11-19(34)13-18(30)14-23(27)35/h5,9,16,18-23,25,27,34-36H,6-8,10-15H2,1-4H3/t16?,18-,19+,20+,21-,22-,23+,25-,27-,30-,31+/m0/s1. The maximum Gasteiger partial charge on any atom is 0.195 e. The number of aryl methyl sites for hydroxylation is 2. The molecular weight excluding hydrogens is 469 g/mol. The van der Waals surface area contributed by atoms with E-state index >= 15 is 0 Å². The summed E-state index contributed by atoms with van der Waals surface area (Å²) in [5.41, 5.74) is 1.27. The summed E-state index contributed by atoms with van der Waals surface area (Å²) in [6.07, 6.45) is 6.81. The summed E-state index contributed by atoms with van der Waals surface area (Å²) in [5.74, 6) is 2.19. The molecule has 1 heterocycles. The number of rotatable bonds is 4. The van der Waals surface area contributed by atoms with Gasteiger partial charge in [-0.25, -0.2) is 9.37 Å². The summed E-state index contributed by atoms with van der Waals surface area (Å²) in [4.78, 5) is 4.46. The van der Waals surface area contributed by atoms with Crippen molar-refractivity contribution in [3.05, 3.63) is 29.4 Å². The highest BCUT2D eigenvalue weighted by Gasteiger charge is 2.65. The Labute approximate surface area is 219 Å². The molecule has 204 valence electrons. The Balaban J connectivity index is 1.20. The SMILES string of the molecule is Cc1ccc2oc(CCC(C)[C@H]3CC[C@H]4[C@@H]5[C@H](O)C[C@@H]6C[C@H](O)CC[C@]6(C)[C@H]5C[C@H](O)[C@]34C)nc2c1F. The predicted octanol–water partition coefficient (Wildman–Crippen LogP) is 5.81. The zero-order valence-corrected chi connectivity index (χ0v) is 22.8. The van der Waals surface area contributed by atoms with Crippen LogP contribution in [0.5, 0.6) is 0 Å². The lowest BCUT2D eigenvalue weighted by atomic mass is 9.43. The highest BCUT2D eigenvalue weighted by atomic mass is 19.1. The number of aliphatic hydroxyl groups is 3. The van der Waals surface area contributed by atoms with Crippen LogP contribution in [0.15, 0.2) is 16.5 Å². The molecule has 5 nitrogen and oxygen atoms in total. The topological polar surface area (TPSA) is 86.7 Å². The Morgan fingerprint density at radius 3 is 2.65 bits per heavy atom. The quantitative estimate of drug-likeness (QED) is 0.481. The van der Waals surface area contributed by atoms with Gasteiger partial charge in [-0.3, -0.25) is 0 Å². The van der Waals surface area contributed by atoms with E-state index in [1.807, 2.05) is 0 Å². The van der Waals surface area contributed by atoms with Crippen molar-refractivity contribution in [3.8, 4) is 0 Å². The number of hydrogen-bond acceptors (Lipinski definition) is 5. The van der Waals surface area contributed by atoms with E-state index in [4.69, 9.17) is 4.42 Å². The minimum absolute atomic E-state index is 0.0930. The van der Waals surface area contributed by atoms with Gasteiger partial charge in [0.25, 0.3) is 0 Å². The third-order valence-corrected chi connectivity index (χ3v) is 12.1. The second-order valence-corrected chi connectivity index (χ2v) is 13.7. The minimum atomic E-state index is -0.385. The van der Waals surface area contributed by atoms with Crippen LogP contribution in [0.1, 0.15) is 83.6 Å². The van der Waals surface area contributed by atoms with Crippen LogP contribution in [0.4, 0.5) is 4.39 Å². The lowest BCUT2D eigenvalue weighted by Crippen LogP contribution is -2.62. The first kappa shape index (κ1) is 25.8. The fraction of sp³-hybridized carbons (Fsp3) is 0.774. The van der Waals surface area contributed by atoms with Crippen molar-refractivity contribution >= 4 is 11.1 Å². The predicted molar refractivity (Wildman–Crippen MR) is 140 cm³/mol. The van der Waals surface area contributed by atoms with Gasteiger partial charge in [0, 0.05) is 6.42 Å². The van der Waals surface area contributed by atoms with Crippen LogP contribution in [0.2, 0.25) is 0 Å². The Hall–Kier alpha value is -1.50. The minimum Gasteiger partial charge on any atom is -0.441 e. The Bertz CT molecular complexity index is 1170. The summed E-state index contributed by atoms with van der Waals surface area (Å²) in [6, 6.07) is 3.52. The number of aliphatic hydroxyl groups excluding tert-OH is 3. The largest absolute Gasteiger partial charge is 0.441 e. The smallest absolute Gasteiger partial charge is 0.195 e. The number of halogens is 1. The molecule has 6 heteroatoms. The Morgan fingerprint density at radius 1 is 1.08 bits per heavy atom. The van der Waals surface area contributed by atoms with E-state index in [2.05, 4.69) is 25.8 Å². The Kier molecular flexibility index (Phi) is 6.28. The lowest BCUT2D eigenvalue weighted by molar-refractivity contribution is -0.207. The van der Waals surface area contributed by atoms with E-state index in [9.17, 15) is 19.7 Å². The zero-order chi connectivity index (χ0) is 26.3. The summed E-state index contributed by atoms with van der Waals surface area (Å²) in [7, 11) is 0. The highest BCUT2D eigenvalue weighted by molar-refractivity contribution is 5.74. The molecule has 6 rings (SSSR count). The average molecular weight is 514 g/mol. The normalized spacial score (nSPS) is 44.3.